The Morgan fingerprint density at radius 3 is 2.75 bits per heavy atom. The van der Waals surface area contributed by atoms with Gasteiger partial charge >= 0.3 is 12.0 Å². The molecule has 3 rings (SSSR count). The topological polar surface area (TPSA) is 78.9 Å². The summed E-state index contributed by atoms with van der Waals surface area (Å²) in [7, 11) is 0. The predicted molar refractivity (Wildman–Crippen MR) is 90.2 cm³/mol. The average Bonchev–Trinajstić information content (AvgIpc) is 3.15. The molecule has 1 atom stereocenters. The van der Waals surface area contributed by atoms with Crippen molar-refractivity contribution in [1.82, 2.24) is 10.2 Å². The summed E-state index contributed by atoms with van der Waals surface area (Å²) in [5, 5.41) is 15.8. The Bertz CT molecular complexity index is 700. The first kappa shape index (κ1) is 16.5. The van der Waals surface area contributed by atoms with Crippen molar-refractivity contribution < 1.29 is 19.4 Å². The molecule has 2 N–H and O–H groups in total. The third kappa shape index (κ3) is 3.93. The van der Waals surface area contributed by atoms with E-state index in [1.807, 2.05) is 16.8 Å². The van der Waals surface area contributed by atoms with Gasteiger partial charge in [0.05, 0.1) is 18.7 Å². The second-order valence-electron chi connectivity index (χ2n) is 5.52. The highest BCUT2D eigenvalue weighted by Crippen LogP contribution is 2.24. The molecule has 1 saturated heterocycles. The van der Waals surface area contributed by atoms with Gasteiger partial charge in [-0.15, -0.1) is 0 Å². The van der Waals surface area contributed by atoms with Crippen molar-refractivity contribution in [1.29, 1.82) is 0 Å². The summed E-state index contributed by atoms with van der Waals surface area (Å²) >= 11 is 1.61. The lowest BCUT2D eigenvalue weighted by Gasteiger charge is -2.32. The van der Waals surface area contributed by atoms with E-state index in [1.165, 1.54) is 12.1 Å². The maximum Gasteiger partial charge on any atom is 0.335 e. The van der Waals surface area contributed by atoms with Crippen LogP contribution < -0.4 is 5.32 Å². The van der Waals surface area contributed by atoms with Gasteiger partial charge in [-0.3, -0.25) is 0 Å². The third-order valence-electron chi connectivity index (χ3n) is 3.91. The number of urea groups is 1. The van der Waals surface area contributed by atoms with Crippen LogP contribution in [0.3, 0.4) is 0 Å². The molecule has 1 unspecified atom stereocenters. The van der Waals surface area contributed by atoms with Gasteiger partial charge in [0.1, 0.15) is 6.10 Å². The van der Waals surface area contributed by atoms with Crippen LogP contribution >= 0.6 is 11.3 Å². The third-order valence-corrected chi connectivity index (χ3v) is 4.61. The molecule has 1 aliphatic heterocycles. The van der Waals surface area contributed by atoms with Gasteiger partial charge in [-0.2, -0.15) is 11.3 Å². The van der Waals surface area contributed by atoms with Gasteiger partial charge in [0.15, 0.2) is 0 Å². The van der Waals surface area contributed by atoms with E-state index in [2.05, 4.69) is 5.32 Å². The molecule has 0 bridgehead atoms. The zero-order chi connectivity index (χ0) is 16.9. The van der Waals surface area contributed by atoms with Gasteiger partial charge in [-0.05, 0) is 40.1 Å². The van der Waals surface area contributed by atoms with E-state index < -0.39 is 5.97 Å². The molecular formula is C17H18N2O4S. The molecule has 2 heterocycles. The number of hydrogen-bond donors (Lipinski definition) is 2. The molecule has 6 nitrogen and oxygen atoms in total. The number of nitrogens with zero attached hydrogens (tertiary/aromatic N) is 1. The molecule has 1 fully saturated rings. The van der Waals surface area contributed by atoms with Gasteiger partial charge in [0.25, 0.3) is 0 Å². The molecule has 0 spiro atoms. The molecule has 24 heavy (non-hydrogen) atoms. The van der Waals surface area contributed by atoms with Crippen molar-refractivity contribution >= 4 is 23.3 Å². The zero-order valence-electron chi connectivity index (χ0n) is 13.0. The minimum atomic E-state index is -0.960. The van der Waals surface area contributed by atoms with Crippen LogP contribution in [-0.4, -0.2) is 41.7 Å². The maximum atomic E-state index is 12.3. The van der Waals surface area contributed by atoms with E-state index in [0.717, 1.165) is 11.1 Å². The van der Waals surface area contributed by atoms with Gasteiger partial charge < -0.3 is 20.1 Å². The van der Waals surface area contributed by atoms with E-state index in [9.17, 15) is 9.59 Å². The summed E-state index contributed by atoms with van der Waals surface area (Å²) in [4.78, 5) is 24.9. The molecule has 1 aliphatic rings. The van der Waals surface area contributed by atoms with Crippen molar-refractivity contribution in [2.24, 2.45) is 0 Å². The van der Waals surface area contributed by atoms with E-state index >= 15 is 0 Å². The van der Waals surface area contributed by atoms with Crippen LogP contribution in [0.4, 0.5) is 4.79 Å². The van der Waals surface area contributed by atoms with Gasteiger partial charge in [-0.1, -0.05) is 12.1 Å². The highest BCUT2D eigenvalue weighted by atomic mass is 32.1. The van der Waals surface area contributed by atoms with Crippen molar-refractivity contribution in [2.75, 3.05) is 19.7 Å². The zero-order valence-corrected chi connectivity index (χ0v) is 13.8. The lowest BCUT2D eigenvalue weighted by Crippen LogP contribution is -2.46. The number of carbonyl (C=O) groups excluding carboxylic acids is 1. The summed E-state index contributed by atoms with van der Waals surface area (Å²) < 4.78 is 5.73. The number of rotatable bonds is 4. The standard InChI is InChI=1S/C17H18N2O4S/c20-16(21)13-3-1-12(2-4-13)9-18-17(22)19-6-7-23-15(10-19)14-5-8-24-11-14/h1-5,8,11,15H,6-7,9-10H2,(H,18,22)(H,20,21). The highest BCUT2D eigenvalue weighted by molar-refractivity contribution is 7.07. The Morgan fingerprint density at radius 1 is 1.29 bits per heavy atom. The number of morpholine rings is 1. The number of nitrogens with one attached hydrogen (secondary N) is 1. The minimum absolute atomic E-state index is 0.0781. The fourth-order valence-electron chi connectivity index (χ4n) is 2.55. The Kier molecular flexibility index (Phi) is 5.12. The summed E-state index contributed by atoms with van der Waals surface area (Å²) in [5.41, 5.74) is 2.19. The van der Waals surface area contributed by atoms with E-state index in [4.69, 9.17) is 9.84 Å². The number of thiophene rings is 1. The SMILES string of the molecule is O=C(O)c1ccc(CNC(=O)N2CCOC(c3ccsc3)C2)cc1. The molecule has 0 aliphatic carbocycles. The molecule has 0 saturated carbocycles. The van der Waals surface area contributed by atoms with Gasteiger partial charge in [0.2, 0.25) is 0 Å². The van der Waals surface area contributed by atoms with E-state index in [-0.39, 0.29) is 17.7 Å². The van der Waals surface area contributed by atoms with Crippen molar-refractivity contribution in [2.45, 2.75) is 12.6 Å². The van der Waals surface area contributed by atoms with Crippen LogP contribution in [0.2, 0.25) is 0 Å². The number of carboxylic acids is 1. The van der Waals surface area contributed by atoms with E-state index in [1.54, 1.807) is 28.4 Å². The predicted octanol–water partition coefficient (Wildman–Crippen LogP) is 2.73. The number of aromatic carboxylic acids is 1. The molecule has 1 aromatic heterocycles. The minimum Gasteiger partial charge on any atom is -0.478 e. The van der Waals surface area contributed by atoms with Crippen LogP contribution in [0.5, 0.6) is 0 Å². The Morgan fingerprint density at radius 2 is 2.08 bits per heavy atom. The second kappa shape index (κ2) is 7.46. The van der Waals surface area contributed by atoms with Gasteiger partial charge in [0, 0.05) is 13.1 Å². The monoisotopic (exact) mass is 346 g/mol. The summed E-state index contributed by atoms with van der Waals surface area (Å²) in [6.07, 6.45) is -0.0781. The Hall–Kier alpha value is -2.38. The summed E-state index contributed by atoms with van der Waals surface area (Å²) in [6, 6.07) is 8.35. The number of carbonyl (C=O) groups is 2. The smallest absolute Gasteiger partial charge is 0.335 e. The molecule has 2 aromatic rings. The lowest BCUT2D eigenvalue weighted by atomic mass is 10.1. The molecule has 2 amide bonds. The first-order chi connectivity index (χ1) is 11.6. The van der Waals surface area contributed by atoms with Gasteiger partial charge in [-0.25, -0.2) is 9.59 Å². The Balaban J connectivity index is 1.53. The molecule has 7 heteroatoms. The van der Waals surface area contributed by atoms with Crippen LogP contribution in [0.25, 0.3) is 0 Å². The number of carboxylic acid groups (broad SMARTS) is 1. The lowest BCUT2D eigenvalue weighted by molar-refractivity contribution is -0.0152. The van der Waals surface area contributed by atoms with Crippen molar-refractivity contribution in [3.05, 3.63) is 57.8 Å². The Labute approximate surface area is 143 Å². The highest BCUT2D eigenvalue weighted by Gasteiger charge is 2.25. The average molecular weight is 346 g/mol. The van der Waals surface area contributed by atoms with Crippen LogP contribution in [-0.2, 0) is 11.3 Å². The van der Waals surface area contributed by atoms with Crippen molar-refractivity contribution in [3.8, 4) is 0 Å². The first-order valence-electron chi connectivity index (χ1n) is 7.62. The maximum absolute atomic E-state index is 12.3. The van der Waals surface area contributed by atoms with Crippen LogP contribution in [0.1, 0.15) is 27.6 Å². The van der Waals surface area contributed by atoms with E-state index in [0.29, 0.717) is 26.2 Å². The normalized spacial score (nSPS) is 17.5. The number of ether oxygens (including phenoxy) is 1. The van der Waals surface area contributed by atoms with Crippen LogP contribution in [0, 0.1) is 0 Å². The quantitative estimate of drug-likeness (QED) is 0.892. The fourth-order valence-corrected chi connectivity index (χ4v) is 3.25. The van der Waals surface area contributed by atoms with Crippen LogP contribution in [0.15, 0.2) is 41.1 Å². The van der Waals surface area contributed by atoms with Crippen molar-refractivity contribution in [3.63, 3.8) is 0 Å². The number of benzene rings is 1. The summed E-state index contributed by atoms with van der Waals surface area (Å²) in [5.74, 6) is -0.960. The summed E-state index contributed by atoms with van der Waals surface area (Å²) in [6.45, 7) is 1.96. The largest absolute Gasteiger partial charge is 0.478 e. The second-order valence-corrected chi connectivity index (χ2v) is 6.30. The molecular weight excluding hydrogens is 328 g/mol. The first-order valence-corrected chi connectivity index (χ1v) is 8.56. The fraction of sp³-hybridized carbons (Fsp3) is 0.294. The molecule has 1 aromatic carbocycles. The number of hydrogen-bond acceptors (Lipinski definition) is 4. The molecule has 126 valence electrons. The molecule has 0 radical (unpaired) electrons. The number of amides is 2.